The fourth-order valence-electron chi connectivity index (χ4n) is 2.11. The molecule has 0 aliphatic carbocycles. The molecule has 0 bridgehead atoms. The molecule has 1 aliphatic heterocycles. The summed E-state index contributed by atoms with van der Waals surface area (Å²) in [5.41, 5.74) is 6.28. The van der Waals surface area contributed by atoms with E-state index in [0.717, 1.165) is 13.0 Å². The van der Waals surface area contributed by atoms with E-state index < -0.39 is 0 Å². The molecule has 0 radical (unpaired) electrons. The van der Waals surface area contributed by atoms with E-state index in [1.54, 1.807) is 0 Å². The SMILES string of the molecule is CCCC(C)(N)CN1CCSCC1C. The Bertz CT molecular complexity index is 171. The Morgan fingerprint density at radius 2 is 2.29 bits per heavy atom. The van der Waals surface area contributed by atoms with Gasteiger partial charge in [-0.1, -0.05) is 13.3 Å². The molecule has 0 aromatic carbocycles. The van der Waals surface area contributed by atoms with Crippen LogP contribution in [0.1, 0.15) is 33.6 Å². The highest BCUT2D eigenvalue weighted by Gasteiger charge is 2.26. The van der Waals surface area contributed by atoms with Crippen LogP contribution in [0.5, 0.6) is 0 Å². The van der Waals surface area contributed by atoms with Gasteiger partial charge in [-0.05, 0) is 20.3 Å². The van der Waals surface area contributed by atoms with Crippen molar-refractivity contribution >= 4 is 11.8 Å². The van der Waals surface area contributed by atoms with Gasteiger partial charge < -0.3 is 5.73 Å². The molecule has 2 atom stereocenters. The Hall–Kier alpha value is 0.270. The highest BCUT2D eigenvalue weighted by Crippen LogP contribution is 2.19. The molecule has 2 unspecified atom stereocenters. The molecule has 1 aliphatic rings. The third kappa shape index (κ3) is 3.79. The minimum atomic E-state index is 0.00498. The van der Waals surface area contributed by atoms with Gasteiger partial charge in [-0.3, -0.25) is 4.90 Å². The quantitative estimate of drug-likeness (QED) is 0.779. The second kappa shape index (κ2) is 5.38. The van der Waals surface area contributed by atoms with Crippen LogP contribution in [-0.2, 0) is 0 Å². The summed E-state index contributed by atoms with van der Waals surface area (Å²) in [6.07, 6.45) is 2.31. The summed E-state index contributed by atoms with van der Waals surface area (Å²) in [4.78, 5) is 2.55. The van der Waals surface area contributed by atoms with Crippen LogP contribution in [0.3, 0.4) is 0 Å². The van der Waals surface area contributed by atoms with Crippen molar-refractivity contribution in [1.82, 2.24) is 4.90 Å². The fraction of sp³-hybridized carbons (Fsp3) is 1.00. The average Bonchev–Trinajstić information content (AvgIpc) is 2.08. The summed E-state index contributed by atoms with van der Waals surface area (Å²) >= 11 is 2.06. The first kappa shape index (κ1) is 12.3. The number of hydrogen-bond acceptors (Lipinski definition) is 3. The van der Waals surface area contributed by atoms with Crippen LogP contribution < -0.4 is 5.73 Å². The summed E-state index contributed by atoms with van der Waals surface area (Å²) < 4.78 is 0. The van der Waals surface area contributed by atoms with E-state index in [4.69, 9.17) is 5.73 Å². The second-order valence-electron chi connectivity index (χ2n) is 4.80. The van der Waals surface area contributed by atoms with E-state index in [9.17, 15) is 0 Å². The largest absolute Gasteiger partial charge is 0.324 e. The Balaban J connectivity index is 2.40. The van der Waals surface area contributed by atoms with Crippen LogP contribution in [0.15, 0.2) is 0 Å². The maximum absolute atomic E-state index is 6.27. The van der Waals surface area contributed by atoms with Gasteiger partial charge in [-0.2, -0.15) is 11.8 Å². The normalized spacial score (nSPS) is 28.7. The number of hydrogen-bond donors (Lipinski definition) is 1. The van der Waals surface area contributed by atoms with Crippen molar-refractivity contribution in [3.8, 4) is 0 Å². The lowest BCUT2D eigenvalue weighted by Crippen LogP contribution is -2.52. The maximum atomic E-state index is 6.27. The molecule has 2 N–H and O–H groups in total. The number of rotatable bonds is 4. The minimum Gasteiger partial charge on any atom is -0.324 e. The first-order chi connectivity index (χ1) is 6.55. The van der Waals surface area contributed by atoms with Crippen LogP contribution in [0, 0.1) is 0 Å². The predicted molar refractivity (Wildman–Crippen MR) is 65.9 cm³/mol. The summed E-state index contributed by atoms with van der Waals surface area (Å²) in [5, 5.41) is 0. The molecule has 84 valence electrons. The lowest BCUT2D eigenvalue weighted by atomic mass is 9.96. The number of nitrogens with two attached hydrogens (primary N) is 1. The minimum absolute atomic E-state index is 0.00498. The van der Waals surface area contributed by atoms with Crippen molar-refractivity contribution in [2.75, 3.05) is 24.6 Å². The third-order valence-corrected chi connectivity index (χ3v) is 4.08. The van der Waals surface area contributed by atoms with Crippen molar-refractivity contribution in [3.63, 3.8) is 0 Å². The molecule has 0 spiro atoms. The standard InChI is InChI=1S/C11H24N2S/c1-4-5-11(3,12)9-13-6-7-14-8-10(13)2/h10H,4-9,12H2,1-3H3. The van der Waals surface area contributed by atoms with Gasteiger partial charge in [-0.25, -0.2) is 0 Å². The summed E-state index contributed by atoms with van der Waals surface area (Å²) in [6, 6.07) is 0.702. The zero-order valence-electron chi connectivity index (χ0n) is 9.75. The van der Waals surface area contributed by atoms with Crippen molar-refractivity contribution < 1.29 is 0 Å². The van der Waals surface area contributed by atoms with E-state index in [0.29, 0.717) is 6.04 Å². The molecule has 14 heavy (non-hydrogen) atoms. The maximum Gasteiger partial charge on any atom is 0.0254 e. The summed E-state index contributed by atoms with van der Waals surface area (Å²) in [5.74, 6) is 2.54. The van der Waals surface area contributed by atoms with Crippen LogP contribution in [0.4, 0.5) is 0 Å². The highest BCUT2D eigenvalue weighted by molar-refractivity contribution is 7.99. The first-order valence-electron chi connectivity index (χ1n) is 5.66. The fourth-order valence-corrected chi connectivity index (χ4v) is 3.19. The van der Waals surface area contributed by atoms with Crippen LogP contribution in [0.2, 0.25) is 0 Å². The van der Waals surface area contributed by atoms with E-state index in [1.807, 2.05) is 0 Å². The zero-order chi connectivity index (χ0) is 10.6. The van der Waals surface area contributed by atoms with Crippen LogP contribution in [0.25, 0.3) is 0 Å². The van der Waals surface area contributed by atoms with Crippen molar-refractivity contribution in [2.24, 2.45) is 5.73 Å². The van der Waals surface area contributed by atoms with Crippen LogP contribution >= 0.6 is 11.8 Å². The van der Waals surface area contributed by atoms with Gasteiger partial charge in [0.1, 0.15) is 0 Å². The van der Waals surface area contributed by atoms with Crippen molar-refractivity contribution in [2.45, 2.75) is 45.2 Å². The molecule has 0 aromatic heterocycles. The molecule has 1 rings (SSSR count). The number of nitrogens with zero attached hydrogens (tertiary/aromatic N) is 1. The molecule has 3 heteroatoms. The monoisotopic (exact) mass is 216 g/mol. The molecule has 1 fully saturated rings. The molecular weight excluding hydrogens is 192 g/mol. The summed E-state index contributed by atoms with van der Waals surface area (Å²) in [7, 11) is 0. The lowest BCUT2D eigenvalue weighted by molar-refractivity contribution is 0.178. The van der Waals surface area contributed by atoms with E-state index in [1.165, 1.54) is 24.5 Å². The second-order valence-corrected chi connectivity index (χ2v) is 5.95. The molecule has 0 aromatic rings. The van der Waals surface area contributed by atoms with E-state index in [-0.39, 0.29) is 5.54 Å². The average molecular weight is 216 g/mol. The molecule has 2 nitrogen and oxygen atoms in total. The van der Waals surface area contributed by atoms with Crippen molar-refractivity contribution in [3.05, 3.63) is 0 Å². The Morgan fingerprint density at radius 3 is 2.86 bits per heavy atom. The Labute approximate surface area is 92.6 Å². The summed E-state index contributed by atoms with van der Waals surface area (Å²) in [6.45, 7) is 8.98. The Kier molecular flexibility index (Phi) is 4.74. The van der Waals surface area contributed by atoms with Crippen LogP contribution in [-0.4, -0.2) is 41.1 Å². The molecule has 1 saturated heterocycles. The van der Waals surface area contributed by atoms with Gasteiger partial charge in [0.25, 0.3) is 0 Å². The van der Waals surface area contributed by atoms with Gasteiger partial charge in [0.15, 0.2) is 0 Å². The molecule has 0 saturated carbocycles. The van der Waals surface area contributed by atoms with E-state index in [2.05, 4.69) is 37.4 Å². The van der Waals surface area contributed by atoms with Gasteiger partial charge in [0, 0.05) is 36.2 Å². The predicted octanol–water partition coefficient (Wildman–Crippen LogP) is 1.94. The van der Waals surface area contributed by atoms with Gasteiger partial charge in [0.05, 0.1) is 0 Å². The molecular formula is C11H24N2S. The lowest BCUT2D eigenvalue weighted by Gasteiger charge is -2.38. The number of thioether (sulfide) groups is 1. The molecule has 1 heterocycles. The van der Waals surface area contributed by atoms with E-state index >= 15 is 0 Å². The van der Waals surface area contributed by atoms with Gasteiger partial charge >= 0.3 is 0 Å². The van der Waals surface area contributed by atoms with Gasteiger partial charge in [-0.15, -0.1) is 0 Å². The topological polar surface area (TPSA) is 29.3 Å². The first-order valence-corrected chi connectivity index (χ1v) is 6.81. The van der Waals surface area contributed by atoms with Gasteiger partial charge in [0.2, 0.25) is 0 Å². The molecule has 0 amide bonds. The van der Waals surface area contributed by atoms with Crippen molar-refractivity contribution in [1.29, 1.82) is 0 Å². The smallest absolute Gasteiger partial charge is 0.0254 e. The highest BCUT2D eigenvalue weighted by atomic mass is 32.2. The third-order valence-electron chi connectivity index (χ3n) is 2.89. The zero-order valence-corrected chi connectivity index (χ0v) is 10.6. The Morgan fingerprint density at radius 1 is 1.57 bits per heavy atom.